The molecule has 0 aliphatic carbocycles. The number of methoxy groups -OCH3 is 2. The van der Waals surface area contributed by atoms with E-state index in [0.29, 0.717) is 16.0 Å². The van der Waals surface area contributed by atoms with E-state index in [4.69, 9.17) is 33.9 Å². The van der Waals surface area contributed by atoms with Crippen molar-refractivity contribution in [3.8, 4) is 0 Å². The van der Waals surface area contributed by atoms with Crippen LogP contribution in [0.1, 0.15) is 19.3 Å². The first-order chi connectivity index (χ1) is 10.5. The maximum Gasteiger partial charge on any atom is 0.350 e. The SMILES string of the molecule is COC(=O)c1sc(=S)sc1SSc1sc(=S)sc1C(=O)OC. The zero-order valence-electron chi connectivity index (χ0n) is 10.9. The van der Waals surface area contributed by atoms with Crippen molar-refractivity contribution in [1.82, 2.24) is 0 Å². The molecule has 0 spiro atoms. The third-order valence-corrected chi connectivity index (χ3v) is 10.8. The first-order valence-corrected chi connectivity index (χ1v) is 11.5. The maximum atomic E-state index is 11.7. The first-order valence-electron chi connectivity index (χ1n) is 5.25. The molecule has 2 aromatic heterocycles. The van der Waals surface area contributed by atoms with Crippen molar-refractivity contribution in [2.24, 2.45) is 0 Å². The average Bonchev–Trinajstić information content (AvgIpc) is 3.06. The van der Waals surface area contributed by atoms with Crippen molar-refractivity contribution in [2.75, 3.05) is 14.2 Å². The van der Waals surface area contributed by atoms with Gasteiger partial charge in [0.1, 0.15) is 16.0 Å². The molecule has 22 heavy (non-hydrogen) atoms. The fraction of sp³-hybridized carbons (Fsp3) is 0.200. The molecule has 0 saturated carbocycles. The normalized spacial score (nSPS) is 10.5. The molecule has 0 atom stereocenters. The summed E-state index contributed by atoms with van der Waals surface area (Å²) in [6.07, 6.45) is 0. The van der Waals surface area contributed by atoms with Gasteiger partial charge in [0.25, 0.3) is 0 Å². The van der Waals surface area contributed by atoms with Crippen LogP contribution in [0.15, 0.2) is 8.42 Å². The van der Waals surface area contributed by atoms with Crippen LogP contribution in [0.25, 0.3) is 0 Å². The maximum absolute atomic E-state index is 11.7. The van der Waals surface area contributed by atoms with Gasteiger partial charge in [-0.3, -0.25) is 0 Å². The summed E-state index contributed by atoms with van der Waals surface area (Å²) in [5.41, 5.74) is 0. The zero-order chi connectivity index (χ0) is 16.3. The molecule has 118 valence electrons. The third kappa shape index (κ3) is 4.38. The van der Waals surface area contributed by atoms with Gasteiger partial charge in [0.2, 0.25) is 0 Å². The first kappa shape index (κ1) is 18.5. The van der Waals surface area contributed by atoms with Crippen molar-refractivity contribution < 1.29 is 19.1 Å². The van der Waals surface area contributed by atoms with Crippen molar-refractivity contribution in [3.63, 3.8) is 0 Å². The summed E-state index contributed by atoms with van der Waals surface area (Å²) in [4.78, 5) is 24.4. The molecular weight excluding hydrogens is 441 g/mol. The minimum atomic E-state index is -0.411. The van der Waals surface area contributed by atoms with Gasteiger partial charge < -0.3 is 9.47 Å². The molecule has 2 rings (SSSR count). The second-order valence-electron chi connectivity index (χ2n) is 3.29. The summed E-state index contributed by atoms with van der Waals surface area (Å²) in [6, 6.07) is 0. The number of esters is 2. The highest BCUT2D eigenvalue weighted by Gasteiger charge is 2.21. The van der Waals surface area contributed by atoms with Gasteiger partial charge in [-0.2, -0.15) is 0 Å². The van der Waals surface area contributed by atoms with Crippen LogP contribution in [0, 0.1) is 6.28 Å². The van der Waals surface area contributed by atoms with Gasteiger partial charge in [-0.15, -0.1) is 45.3 Å². The van der Waals surface area contributed by atoms with Crippen LogP contribution in [0.5, 0.6) is 0 Å². The van der Waals surface area contributed by atoms with E-state index in [1.165, 1.54) is 81.2 Å². The Morgan fingerprint density at radius 1 is 0.818 bits per heavy atom. The summed E-state index contributed by atoms with van der Waals surface area (Å²) in [6.45, 7) is 0. The van der Waals surface area contributed by atoms with Crippen molar-refractivity contribution >= 4 is 103 Å². The number of rotatable bonds is 5. The molecule has 0 N–H and O–H groups in total. The Kier molecular flexibility index (Phi) is 7.01. The Morgan fingerprint density at radius 3 is 1.50 bits per heavy atom. The van der Waals surface area contributed by atoms with Crippen LogP contribution in [-0.4, -0.2) is 26.2 Å². The van der Waals surface area contributed by atoms with Crippen LogP contribution in [-0.2, 0) is 9.47 Å². The van der Waals surface area contributed by atoms with E-state index < -0.39 is 11.9 Å². The number of carbonyl (C=O) groups excluding carboxylic acids is 2. The molecule has 12 heteroatoms. The molecule has 0 fully saturated rings. The summed E-state index contributed by atoms with van der Waals surface area (Å²) in [5.74, 6) is -0.821. The molecule has 0 bridgehead atoms. The Bertz CT molecular complexity index is 741. The van der Waals surface area contributed by atoms with Crippen molar-refractivity contribution in [1.29, 1.82) is 0 Å². The summed E-state index contributed by atoms with van der Waals surface area (Å²) >= 11 is 15.4. The van der Waals surface area contributed by atoms with Gasteiger partial charge in [0.05, 0.1) is 22.6 Å². The van der Waals surface area contributed by atoms with Crippen LogP contribution in [0.3, 0.4) is 0 Å². The lowest BCUT2D eigenvalue weighted by atomic mass is 10.6. The van der Waals surface area contributed by atoms with E-state index in [-0.39, 0.29) is 0 Å². The minimum absolute atomic E-state index is 0.411. The number of hydrogen-bond donors (Lipinski definition) is 0. The quantitative estimate of drug-likeness (QED) is 0.326. The topological polar surface area (TPSA) is 52.6 Å². The van der Waals surface area contributed by atoms with Crippen LogP contribution in [0.2, 0.25) is 0 Å². The molecule has 2 aromatic rings. The Morgan fingerprint density at radius 2 is 1.18 bits per heavy atom. The van der Waals surface area contributed by atoms with E-state index in [1.54, 1.807) is 0 Å². The number of ether oxygens (including phenoxy) is 2. The van der Waals surface area contributed by atoms with Crippen molar-refractivity contribution in [2.45, 2.75) is 8.42 Å². The molecule has 0 aromatic carbocycles. The Labute approximate surface area is 159 Å². The van der Waals surface area contributed by atoms with E-state index in [2.05, 4.69) is 0 Å². The minimum Gasteiger partial charge on any atom is -0.465 e. The molecule has 0 saturated heterocycles. The largest absolute Gasteiger partial charge is 0.465 e. The molecule has 0 aliphatic rings. The summed E-state index contributed by atoms with van der Waals surface area (Å²) in [5, 5.41) is 0. The van der Waals surface area contributed by atoms with Gasteiger partial charge >= 0.3 is 11.9 Å². The molecule has 0 radical (unpaired) electrons. The third-order valence-electron chi connectivity index (χ3n) is 2.03. The molecule has 0 aliphatic heterocycles. The van der Waals surface area contributed by atoms with Crippen LogP contribution in [0.4, 0.5) is 0 Å². The predicted molar refractivity (Wildman–Crippen MR) is 100 cm³/mol. The predicted octanol–water partition coefficient (Wildman–Crippen LogP) is 5.76. The summed E-state index contributed by atoms with van der Waals surface area (Å²) < 4.78 is 12.3. The van der Waals surface area contributed by atoms with E-state index in [9.17, 15) is 9.59 Å². The van der Waals surface area contributed by atoms with E-state index in [1.807, 2.05) is 0 Å². The van der Waals surface area contributed by atoms with Gasteiger partial charge in [-0.25, -0.2) is 9.59 Å². The highest BCUT2D eigenvalue weighted by Crippen LogP contribution is 2.48. The zero-order valence-corrected chi connectivity index (χ0v) is 17.4. The van der Waals surface area contributed by atoms with Gasteiger partial charge in [-0.1, -0.05) is 24.4 Å². The Balaban J connectivity index is 2.24. The fourth-order valence-electron chi connectivity index (χ4n) is 1.16. The average molecular weight is 447 g/mol. The fourth-order valence-corrected chi connectivity index (χ4v) is 10.3. The molecule has 4 nitrogen and oxygen atoms in total. The standard InChI is InChI=1S/C10H6O4S8/c1-13-5(11)3-7(19-9(15)17-3)21-22-8-4(6(12)14-2)18-10(16)20-8/h1-2H3. The van der Waals surface area contributed by atoms with E-state index in [0.717, 1.165) is 8.42 Å². The molecule has 0 unspecified atom stereocenters. The number of carbonyl (C=O) groups is 2. The van der Waals surface area contributed by atoms with Gasteiger partial charge in [0.15, 0.2) is 0 Å². The monoisotopic (exact) mass is 446 g/mol. The molecule has 2 heterocycles. The van der Waals surface area contributed by atoms with E-state index >= 15 is 0 Å². The lowest BCUT2D eigenvalue weighted by Crippen LogP contribution is -1.99. The Hall–Kier alpha value is 0.180. The number of hydrogen-bond acceptors (Lipinski definition) is 12. The van der Waals surface area contributed by atoms with Gasteiger partial charge in [0, 0.05) is 0 Å². The smallest absolute Gasteiger partial charge is 0.350 e. The lowest BCUT2D eigenvalue weighted by molar-refractivity contribution is 0.0594. The lowest BCUT2D eigenvalue weighted by Gasteiger charge is -2.01. The second-order valence-corrected chi connectivity index (χ2v) is 12.4. The summed E-state index contributed by atoms with van der Waals surface area (Å²) in [7, 11) is 5.38. The van der Waals surface area contributed by atoms with Crippen LogP contribution < -0.4 is 0 Å². The molecule has 0 amide bonds. The second kappa shape index (κ2) is 8.33. The molecular formula is C10H6O4S8. The van der Waals surface area contributed by atoms with Crippen LogP contribution >= 0.6 is 91.4 Å². The van der Waals surface area contributed by atoms with Gasteiger partial charge in [-0.05, 0) is 21.6 Å². The highest BCUT2D eigenvalue weighted by atomic mass is 33.1. The van der Waals surface area contributed by atoms with Crippen molar-refractivity contribution in [3.05, 3.63) is 16.0 Å². The highest BCUT2D eigenvalue weighted by molar-refractivity contribution is 8.77.